The Kier molecular flexibility index (Phi) is 4.82. The van der Waals surface area contributed by atoms with Crippen molar-refractivity contribution >= 4 is 10.0 Å². The first-order valence-corrected chi connectivity index (χ1v) is 10.5. The molecule has 1 aliphatic heterocycles. The zero-order valence-electron chi connectivity index (χ0n) is 15.0. The summed E-state index contributed by atoms with van der Waals surface area (Å²) in [6.07, 6.45) is 2.72. The van der Waals surface area contributed by atoms with Crippen molar-refractivity contribution < 1.29 is 22.3 Å². The van der Waals surface area contributed by atoms with Crippen LogP contribution in [0.2, 0.25) is 0 Å². The third-order valence-corrected chi connectivity index (χ3v) is 7.52. The Hall–Kier alpha value is -2.12. The van der Waals surface area contributed by atoms with Crippen LogP contribution in [0.1, 0.15) is 19.3 Å². The second kappa shape index (κ2) is 7.13. The largest absolute Gasteiger partial charge is 0.497 e. The molecule has 0 aromatic heterocycles. The SMILES string of the molecule is COc1cccc(OC[C@@H]2[C@@H]3CC[C@H](C3)N2S(=O)(=O)c2ccc(F)cc2)c1. The van der Waals surface area contributed by atoms with Gasteiger partial charge in [-0.15, -0.1) is 0 Å². The minimum atomic E-state index is -3.69. The molecule has 0 unspecified atom stereocenters. The summed E-state index contributed by atoms with van der Waals surface area (Å²) < 4.78 is 52.3. The van der Waals surface area contributed by atoms with Crippen LogP contribution < -0.4 is 9.47 Å². The predicted molar refractivity (Wildman–Crippen MR) is 98.8 cm³/mol. The minimum absolute atomic E-state index is 0.0102. The second-order valence-corrected chi connectivity index (χ2v) is 8.92. The maximum Gasteiger partial charge on any atom is 0.243 e. The molecule has 1 aliphatic carbocycles. The number of sulfonamides is 1. The van der Waals surface area contributed by atoms with E-state index in [9.17, 15) is 12.8 Å². The van der Waals surface area contributed by atoms with E-state index in [1.54, 1.807) is 17.5 Å². The molecule has 2 bridgehead atoms. The lowest BCUT2D eigenvalue weighted by molar-refractivity contribution is 0.162. The van der Waals surface area contributed by atoms with E-state index in [1.165, 1.54) is 24.3 Å². The van der Waals surface area contributed by atoms with E-state index in [0.29, 0.717) is 11.5 Å². The summed E-state index contributed by atoms with van der Waals surface area (Å²) in [4.78, 5) is 0.128. The monoisotopic (exact) mass is 391 g/mol. The highest BCUT2D eigenvalue weighted by molar-refractivity contribution is 7.89. The molecule has 0 radical (unpaired) electrons. The number of fused-ring (bicyclic) bond motifs is 2. The summed E-state index contributed by atoms with van der Waals surface area (Å²) >= 11 is 0. The average molecular weight is 391 g/mol. The Bertz CT molecular complexity index is 916. The van der Waals surface area contributed by atoms with Crippen LogP contribution in [0.15, 0.2) is 53.4 Å². The third kappa shape index (κ3) is 3.41. The molecule has 0 spiro atoms. The molecule has 7 heteroatoms. The highest BCUT2D eigenvalue weighted by Gasteiger charge is 2.51. The molecule has 0 amide bonds. The number of benzene rings is 2. The van der Waals surface area contributed by atoms with Crippen LogP contribution in [0.3, 0.4) is 0 Å². The topological polar surface area (TPSA) is 55.8 Å². The molecule has 3 atom stereocenters. The number of hydrogen-bond acceptors (Lipinski definition) is 4. The first-order valence-electron chi connectivity index (χ1n) is 9.05. The van der Waals surface area contributed by atoms with Crippen molar-refractivity contribution in [2.75, 3.05) is 13.7 Å². The number of piperidine rings is 1. The highest BCUT2D eigenvalue weighted by atomic mass is 32.2. The van der Waals surface area contributed by atoms with Gasteiger partial charge in [0.05, 0.1) is 18.0 Å². The number of ether oxygens (including phenoxy) is 2. The van der Waals surface area contributed by atoms with E-state index in [1.807, 2.05) is 18.2 Å². The van der Waals surface area contributed by atoms with E-state index >= 15 is 0 Å². The van der Waals surface area contributed by atoms with Gasteiger partial charge in [-0.3, -0.25) is 0 Å². The Morgan fingerprint density at radius 2 is 1.85 bits per heavy atom. The summed E-state index contributed by atoms with van der Waals surface area (Å²) in [5.41, 5.74) is 0. The van der Waals surface area contributed by atoms with Crippen LogP contribution >= 0.6 is 0 Å². The van der Waals surface area contributed by atoms with Crippen molar-refractivity contribution in [1.29, 1.82) is 0 Å². The Morgan fingerprint density at radius 1 is 1.11 bits per heavy atom. The summed E-state index contributed by atoms with van der Waals surface area (Å²) in [6.45, 7) is 0.286. The van der Waals surface area contributed by atoms with Gasteiger partial charge in [0.25, 0.3) is 0 Å². The highest BCUT2D eigenvalue weighted by Crippen LogP contribution is 2.45. The third-order valence-electron chi connectivity index (χ3n) is 5.53. The van der Waals surface area contributed by atoms with Gasteiger partial charge in [-0.05, 0) is 61.6 Å². The van der Waals surface area contributed by atoms with Crippen molar-refractivity contribution in [3.8, 4) is 11.5 Å². The number of methoxy groups -OCH3 is 1. The molecule has 2 fully saturated rings. The van der Waals surface area contributed by atoms with Gasteiger partial charge in [0, 0.05) is 12.1 Å². The van der Waals surface area contributed by atoms with Crippen molar-refractivity contribution in [2.24, 2.45) is 5.92 Å². The Balaban J connectivity index is 1.56. The van der Waals surface area contributed by atoms with Crippen molar-refractivity contribution in [2.45, 2.75) is 36.2 Å². The lowest BCUT2D eigenvalue weighted by Crippen LogP contribution is -2.47. The molecular formula is C20H22FNO4S. The number of rotatable bonds is 6. The molecule has 1 heterocycles. The molecule has 2 aromatic carbocycles. The van der Waals surface area contributed by atoms with E-state index in [-0.39, 0.29) is 29.5 Å². The average Bonchev–Trinajstić information content (AvgIpc) is 3.28. The Labute approximate surface area is 158 Å². The second-order valence-electron chi connectivity index (χ2n) is 7.07. The lowest BCUT2D eigenvalue weighted by atomic mass is 10.0. The molecule has 1 saturated carbocycles. The number of nitrogens with zero attached hydrogens (tertiary/aromatic N) is 1. The van der Waals surface area contributed by atoms with Gasteiger partial charge >= 0.3 is 0 Å². The van der Waals surface area contributed by atoms with Gasteiger partial charge in [-0.1, -0.05) is 6.07 Å². The lowest BCUT2D eigenvalue weighted by Gasteiger charge is -2.34. The van der Waals surface area contributed by atoms with Crippen LogP contribution in [0, 0.1) is 11.7 Å². The predicted octanol–water partition coefficient (Wildman–Crippen LogP) is 3.45. The molecule has 0 N–H and O–H groups in total. The standard InChI is InChI=1S/C20H22FNO4S/c1-25-17-3-2-4-18(12-17)26-13-20-14-5-8-16(11-14)22(20)27(23,24)19-9-6-15(21)7-10-19/h2-4,6-7,9-10,12,14,16,20H,5,8,11,13H2,1H3/t14-,16-,20-/m1/s1. The van der Waals surface area contributed by atoms with Crippen LogP contribution in [0.25, 0.3) is 0 Å². The fourth-order valence-electron chi connectivity index (χ4n) is 4.24. The van der Waals surface area contributed by atoms with Crippen LogP contribution in [-0.4, -0.2) is 38.5 Å². The molecule has 27 heavy (non-hydrogen) atoms. The van der Waals surface area contributed by atoms with Gasteiger partial charge in [0.2, 0.25) is 10.0 Å². The Morgan fingerprint density at radius 3 is 2.59 bits per heavy atom. The zero-order valence-corrected chi connectivity index (χ0v) is 15.9. The quantitative estimate of drug-likeness (QED) is 0.757. The summed E-state index contributed by atoms with van der Waals surface area (Å²) in [5, 5.41) is 0. The van der Waals surface area contributed by atoms with Crippen molar-refractivity contribution in [3.63, 3.8) is 0 Å². The van der Waals surface area contributed by atoms with E-state index in [4.69, 9.17) is 9.47 Å². The van der Waals surface area contributed by atoms with Gasteiger partial charge < -0.3 is 9.47 Å². The maximum absolute atomic E-state index is 13.2. The number of halogens is 1. The zero-order chi connectivity index (χ0) is 19.0. The van der Waals surface area contributed by atoms with Gasteiger partial charge in [-0.2, -0.15) is 4.31 Å². The maximum atomic E-state index is 13.2. The molecule has 4 rings (SSSR count). The van der Waals surface area contributed by atoms with Crippen LogP contribution in [0.5, 0.6) is 11.5 Å². The van der Waals surface area contributed by atoms with Crippen molar-refractivity contribution in [1.82, 2.24) is 4.31 Å². The summed E-state index contributed by atoms with van der Waals surface area (Å²) in [5.74, 6) is 1.18. The molecule has 2 aliphatic rings. The first-order chi connectivity index (χ1) is 13.0. The molecule has 2 aromatic rings. The number of hydrogen-bond donors (Lipinski definition) is 0. The fourth-order valence-corrected chi connectivity index (χ4v) is 6.13. The minimum Gasteiger partial charge on any atom is -0.497 e. The van der Waals surface area contributed by atoms with Crippen LogP contribution in [0.4, 0.5) is 4.39 Å². The van der Waals surface area contributed by atoms with E-state index in [0.717, 1.165) is 19.3 Å². The smallest absolute Gasteiger partial charge is 0.243 e. The molecular weight excluding hydrogens is 369 g/mol. The molecule has 5 nitrogen and oxygen atoms in total. The van der Waals surface area contributed by atoms with Crippen LogP contribution in [-0.2, 0) is 10.0 Å². The van der Waals surface area contributed by atoms with E-state index < -0.39 is 15.8 Å². The molecule has 144 valence electrons. The first kappa shape index (κ1) is 18.3. The van der Waals surface area contributed by atoms with Gasteiger partial charge in [0.1, 0.15) is 23.9 Å². The summed E-state index contributed by atoms with van der Waals surface area (Å²) in [6, 6.07) is 12.1. The van der Waals surface area contributed by atoms with Gasteiger partial charge in [0.15, 0.2) is 0 Å². The van der Waals surface area contributed by atoms with Crippen molar-refractivity contribution in [3.05, 3.63) is 54.3 Å². The van der Waals surface area contributed by atoms with Gasteiger partial charge in [-0.25, -0.2) is 12.8 Å². The van der Waals surface area contributed by atoms with E-state index in [2.05, 4.69) is 0 Å². The normalized spacial score (nSPS) is 24.9. The molecule has 1 saturated heterocycles. The summed E-state index contributed by atoms with van der Waals surface area (Å²) in [7, 11) is -2.10. The fraction of sp³-hybridized carbons (Fsp3) is 0.400.